The summed E-state index contributed by atoms with van der Waals surface area (Å²) in [7, 11) is 0. The lowest BCUT2D eigenvalue weighted by molar-refractivity contribution is 0.280. The highest BCUT2D eigenvalue weighted by Crippen LogP contribution is 2.61. The van der Waals surface area contributed by atoms with Crippen LogP contribution in [-0.2, 0) is 26.6 Å². The second-order valence-electron chi connectivity index (χ2n) is 3.54. The van der Waals surface area contributed by atoms with Crippen LogP contribution in [0.4, 0.5) is 0 Å². The summed E-state index contributed by atoms with van der Waals surface area (Å²) in [4.78, 5) is 0. The Kier molecular flexibility index (Phi) is 6.75. The van der Waals surface area contributed by atoms with E-state index in [0.717, 1.165) is 5.75 Å². The van der Waals surface area contributed by atoms with Gasteiger partial charge in [-0.3, -0.25) is 0 Å². The number of rotatable bonds is 7. The molecule has 0 amide bonds. The minimum absolute atomic E-state index is 0.609. The Labute approximate surface area is 113 Å². The second kappa shape index (κ2) is 7.55. The lowest BCUT2D eigenvalue weighted by Crippen LogP contribution is -1.92. The van der Waals surface area contributed by atoms with Crippen LogP contribution >= 0.6 is 17.1 Å². The van der Waals surface area contributed by atoms with Gasteiger partial charge >= 0.3 is 0 Å². The average molecular weight is 290 g/mol. The molecule has 0 N–H and O–H groups in total. The van der Waals surface area contributed by atoms with E-state index in [0.29, 0.717) is 13.2 Å². The molecule has 0 spiro atoms. The van der Waals surface area contributed by atoms with Crippen LogP contribution in [0.15, 0.2) is 24.3 Å². The molecule has 17 heavy (non-hydrogen) atoms. The van der Waals surface area contributed by atoms with Gasteiger partial charge in [-0.15, -0.1) is 0 Å². The summed E-state index contributed by atoms with van der Waals surface area (Å²) < 4.78 is 11.2. The van der Waals surface area contributed by atoms with Crippen molar-refractivity contribution in [2.24, 2.45) is 0 Å². The Morgan fingerprint density at radius 3 is 2.12 bits per heavy atom. The van der Waals surface area contributed by atoms with Crippen LogP contribution < -0.4 is 0 Å². The summed E-state index contributed by atoms with van der Waals surface area (Å²) in [6.07, 6.45) is 0. The van der Waals surface area contributed by atoms with Gasteiger partial charge in [0.05, 0.1) is 13.2 Å². The molecule has 5 heteroatoms. The SMILES string of the molecule is CCOP(=S)(OCC)SCc1ccc(C)cc1. The lowest BCUT2D eigenvalue weighted by atomic mass is 10.2. The van der Waals surface area contributed by atoms with E-state index in [9.17, 15) is 0 Å². The molecule has 2 nitrogen and oxygen atoms in total. The van der Waals surface area contributed by atoms with Crippen molar-refractivity contribution in [3.05, 3.63) is 35.4 Å². The van der Waals surface area contributed by atoms with Gasteiger partial charge < -0.3 is 9.05 Å². The van der Waals surface area contributed by atoms with E-state index < -0.39 is 5.69 Å². The molecule has 0 bridgehead atoms. The van der Waals surface area contributed by atoms with E-state index in [1.165, 1.54) is 11.1 Å². The molecule has 1 rings (SSSR count). The maximum absolute atomic E-state index is 5.58. The van der Waals surface area contributed by atoms with Gasteiger partial charge in [0.1, 0.15) is 0 Å². The molecule has 0 fully saturated rings. The molecule has 0 saturated heterocycles. The minimum Gasteiger partial charge on any atom is -0.322 e. The highest BCUT2D eigenvalue weighted by atomic mass is 32.9. The summed E-state index contributed by atoms with van der Waals surface area (Å²) in [6.45, 7) is 7.21. The van der Waals surface area contributed by atoms with E-state index in [4.69, 9.17) is 20.9 Å². The van der Waals surface area contributed by atoms with Crippen LogP contribution in [0.2, 0.25) is 0 Å². The van der Waals surface area contributed by atoms with Crippen molar-refractivity contribution in [1.29, 1.82) is 0 Å². The largest absolute Gasteiger partial charge is 0.322 e. The topological polar surface area (TPSA) is 18.5 Å². The van der Waals surface area contributed by atoms with Crippen LogP contribution in [-0.4, -0.2) is 13.2 Å². The molecule has 1 aromatic rings. The first kappa shape index (κ1) is 15.2. The zero-order valence-electron chi connectivity index (χ0n) is 10.5. The molecule has 0 heterocycles. The van der Waals surface area contributed by atoms with Gasteiger partial charge in [0.2, 0.25) is 5.69 Å². The first-order valence-electron chi connectivity index (χ1n) is 5.69. The Hall–Kier alpha value is 0.140. The third-order valence-corrected chi connectivity index (χ3v) is 7.56. The summed E-state index contributed by atoms with van der Waals surface area (Å²) in [6, 6.07) is 8.47. The maximum Gasteiger partial charge on any atom is 0.247 e. The molecule has 0 aromatic heterocycles. The van der Waals surface area contributed by atoms with E-state index in [-0.39, 0.29) is 0 Å². The van der Waals surface area contributed by atoms with Gasteiger partial charge in [0, 0.05) is 5.75 Å². The zero-order valence-corrected chi connectivity index (χ0v) is 13.0. The number of hydrogen-bond acceptors (Lipinski definition) is 4. The fraction of sp³-hybridized carbons (Fsp3) is 0.500. The first-order valence-corrected chi connectivity index (χ1v) is 9.91. The van der Waals surface area contributed by atoms with Crippen molar-refractivity contribution in [3.63, 3.8) is 0 Å². The van der Waals surface area contributed by atoms with Gasteiger partial charge in [0.15, 0.2) is 0 Å². The quantitative estimate of drug-likeness (QED) is 0.687. The van der Waals surface area contributed by atoms with Crippen molar-refractivity contribution in [2.75, 3.05) is 13.2 Å². The van der Waals surface area contributed by atoms with Crippen LogP contribution in [0, 0.1) is 6.92 Å². The molecule has 96 valence electrons. The van der Waals surface area contributed by atoms with Crippen molar-refractivity contribution < 1.29 is 9.05 Å². The standard InChI is InChI=1S/C12H19O2PS2/c1-4-13-15(16,14-5-2)17-10-12-8-6-11(3)7-9-12/h6-9H,4-5,10H2,1-3H3. The zero-order chi connectivity index (χ0) is 12.7. The Morgan fingerprint density at radius 2 is 1.65 bits per heavy atom. The van der Waals surface area contributed by atoms with Crippen LogP contribution in [0.25, 0.3) is 0 Å². The number of aryl methyl sites for hydroxylation is 1. The first-order chi connectivity index (χ1) is 8.09. The Bertz CT molecular complexity index is 369. The maximum atomic E-state index is 5.58. The molecule has 0 unspecified atom stereocenters. The average Bonchev–Trinajstić information content (AvgIpc) is 2.29. The Morgan fingerprint density at radius 1 is 1.12 bits per heavy atom. The summed E-state index contributed by atoms with van der Waals surface area (Å²) in [5, 5.41) is 0. The molecule has 0 saturated carbocycles. The highest BCUT2D eigenvalue weighted by molar-refractivity contribution is 8.67. The predicted octanol–water partition coefficient (Wildman–Crippen LogP) is 4.53. The lowest BCUT2D eigenvalue weighted by Gasteiger charge is -2.19. The minimum atomic E-state index is -2.15. The van der Waals surface area contributed by atoms with Gasteiger partial charge in [-0.05, 0) is 38.1 Å². The third kappa shape index (κ3) is 5.54. The van der Waals surface area contributed by atoms with Gasteiger partial charge in [0.25, 0.3) is 0 Å². The predicted molar refractivity (Wildman–Crippen MR) is 80.0 cm³/mol. The molecule has 0 radical (unpaired) electrons. The second-order valence-corrected chi connectivity index (χ2v) is 9.85. The third-order valence-electron chi connectivity index (χ3n) is 2.08. The highest BCUT2D eigenvalue weighted by Gasteiger charge is 2.18. The molecule has 0 aliphatic rings. The van der Waals surface area contributed by atoms with Crippen molar-refractivity contribution in [1.82, 2.24) is 0 Å². The molecule has 1 aromatic carbocycles. The normalized spacial score (nSPS) is 11.7. The van der Waals surface area contributed by atoms with Gasteiger partial charge in [-0.25, -0.2) is 0 Å². The van der Waals surface area contributed by atoms with Crippen molar-refractivity contribution in [2.45, 2.75) is 26.5 Å². The van der Waals surface area contributed by atoms with Crippen LogP contribution in [0.5, 0.6) is 0 Å². The summed E-state index contributed by atoms with van der Waals surface area (Å²) >= 11 is 7.07. The fourth-order valence-corrected chi connectivity index (χ4v) is 5.73. The molecular formula is C12H19O2PS2. The van der Waals surface area contributed by atoms with Crippen LogP contribution in [0.3, 0.4) is 0 Å². The summed E-state index contributed by atoms with van der Waals surface area (Å²) in [5.74, 6) is 0.845. The van der Waals surface area contributed by atoms with Crippen molar-refractivity contribution in [3.8, 4) is 0 Å². The van der Waals surface area contributed by atoms with Gasteiger partial charge in [-0.2, -0.15) is 0 Å². The fourth-order valence-electron chi connectivity index (χ4n) is 1.27. The van der Waals surface area contributed by atoms with Crippen molar-refractivity contribution >= 4 is 28.9 Å². The molecule has 0 aliphatic carbocycles. The molecular weight excluding hydrogens is 271 g/mol. The summed E-state index contributed by atoms with van der Waals surface area (Å²) in [5.41, 5.74) is 0.383. The van der Waals surface area contributed by atoms with Crippen LogP contribution in [0.1, 0.15) is 25.0 Å². The molecule has 0 atom stereocenters. The van der Waals surface area contributed by atoms with E-state index in [1.54, 1.807) is 11.4 Å². The monoisotopic (exact) mass is 290 g/mol. The number of benzene rings is 1. The van der Waals surface area contributed by atoms with Gasteiger partial charge in [-0.1, -0.05) is 41.2 Å². The van der Waals surface area contributed by atoms with E-state index >= 15 is 0 Å². The number of hydrogen-bond donors (Lipinski definition) is 0. The Balaban J connectivity index is 2.57. The molecule has 0 aliphatic heterocycles. The van der Waals surface area contributed by atoms with E-state index in [2.05, 4.69) is 31.2 Å². The smallest absolute Gasteiger partial charge is 0.247 e. The van der Waals surface area contributed by atoms with E-state index in [1.807, 2.05) is 13.8 Å².